The summed E-state index contributed by atoms with van der Waals surface area (Å²) in [7, 11) is -3.76. The predicted molar refractivity (Wildman–Crippen MR) is 90.4 cm³/mol. The number of hydrogen-bond acceptors (Lipinski definition) is 6. The van der Waals surface area contributed by atoms with E-state index in [1.807, 2.05) is 13.0 Å². The summed E-state index contributed by atoms with van der Waals surface area (Å²) in [5, 5.41) is 0.223. The lowest BCUT2D eigenvalue weighted by Crippen LogP contribution is -2.31. The van der Waals surface area contributed by atoms with Crippen molar-refractivity contribution in [2.75, 3.05) is 18.8 Å². The molecule has 9 heteroatoms. The van der Waals surface area contributed by atoms with E-state index in [2.05, 4.69) is 9.97 Å². The largest absolute Gasteiger partial charge is 0.487 e. The minimum atomic E-state index is -3.76. The Bertz CT molecular complexity index is 860. The molecule has 0 spiro atoms. The van der Waals surface area contributed by atoms with E-state index in [0.717, 1.165) is 5.69 Å². The van der Waals surface area contributed by atoms with E-state index >= 15 is 0 Å². The number of hydrogen-bond donors (Lipinski definition) is 1. The summed E-state index contributed by atoms with van der Waals surface area (Å²) in [5.41, 5.74) is 6.47. The fourth-order valence-corrected chi connectivity index (χ4v) is 4.36. The number of rotatable bonds is 4. The van der Waals surface area contributed by atoms with Crippen molar-refractivity contribution in [1.82, 2.24) is 14.3 Å². The summed E-state index contributed by atoms with van der Waals surface area (Å²) in [6.07, 6.45) is 3.34. The first-order valence-electron chi connectivity index (χ1n) is 7.37. The Kier molecular flexibility index (Phi) is 4.62. The third-order valence-corrected chi connectivity index (χ3v) is 5.93. The normalized spacial score (nSPS) is 18.7. The van der Waals surface area contributed by atoms with E-state index in [0.29, 0.717) is 18.7 Å². The van der Waals surface area contributed by atoms with Crippen molar-refractivity contribution >= 4 is 27.4 Å². The Morgan fingerprint density at radius 3 is 2.96 bits per heavy atom. The van der Waals surface area contributed by atoms with Crippen molar-refractivity contribution in [2.45, 2.75) is 24.3 Å². The molecule has 0 radical (unpaired) electrons. The van der Waals surface area contributed by atoms with Crippen LogP contribution in [0.4, 0.5) is 5.82 Å². The Labute approximate surface area is 145 Å². The van der Waals surface area contributed by atoms with Crippen LogP contribution in [0.3, 0.4) is 0 Å². The van der Waals surface area contributed by atoms with E-state index < -0.39 is 10.0 Å². The highest BCUT2D eigenvalue weighted by Crippen LogP contribution is 2.28. The number of aromatic nitrogens is 2. The van der Waals surface area contributed by atoms with Gasteiger partial charge in [0.1, 0.15) is 22.6 Å². The quantitative estimate of drug-likeness (QED) is 0.884. The number of sulfonamides is 1. The number of nitrogen functional groups attached to an aromatic ring is 1. The molecule has 0 saturated carbocycles. The van der Waals surface area contributed by atoms with Gasteiger partial charge in [0.2, 0.25) is 10.0 Å². The van der Waals surface area contributed by atoms with Crippen molar-refractivity contribution in [3.8, 4) is 5.75 Å². The van der Waals surface area contributed by atoms with Crippen LogP contribution in [0.15, 0.2) is 35.5 Å². The molecule has 2 N–H and O–H groups in total. The average molecular weight is 369 g/mol. The van der Waals surface area contributed by atoms with Crippen LogP contribution < -0.4 is 10.5 Å². The molecule has 24 heavy (non-hydrogen) atoms. The molecule has 0 unspecified atom stereocenters. The van der Waals surface area contributed by atoms with E-state index in [1.165, 1.54) is 16.6 Å². The Morgan fingerprint density at radius 2 is 2.21 bits per heavy atom. The Morgan fingerprint density at radius 1 is 1.42 bits per heavy atom. The van der Waals surface area contributed by atoms with E-state index in [4.69, 9.17) is 22.1 Å². The molecule has 128 valence electrons. The highest BCUT2D eigenvalue weighted by Gasteiger charge is 2.35. The zero-order valence-corrected chi connectivity index (χ0v) is 14.6. The number of anilines is 1. The molecule has 1 aliphatic rings. The van der Waals surface area contributed by atoms with Crippen molar-refractivity contribution in [3.63, 3.8) is 0 Å². The van der Waals surface area contributed by atoms with E-state index in [-0.39, 0.29) is 28.4 Å². The lowest BCUT2D eigenvalue weighted by Gasteiger charge is -2.18. The summed E-state index contributed by atoms with van der Waals surface area (Å²) in [4.78, 5) is 7.90. The third kappa shape index (κ3) is 3.31. The molecule has 3 rings (SSSR count). The van der Waals surface area contributed by atoms with Gasteiger partial charge in [0.05, 0.1) is 17.3 Å². The van der Waals surface area contributed by atoms with Gasteiger partial charge in [0.25, 0.3) is 0 Å². The monoisotopic (exact) mass is 368 g/mol. The van der Waals surface area contributed by atoms with E-state index in [1.54, 1.807) is 12.3 Å². The third-order valence-electron chi connectivity index (χ3n) is 3.83. The van der Waals surface area contributed by atoms with Crippen LogP contribution >= 0.6 is 11.6 Å². The molecule has 3 heterocycles. The summed E-state index contributed by atoms with van der Waals surface area (Å²) < 4.78 is 32.7. The number of pyridine rings is 2. The van der Waals surface area contributed by atoms with Gasteiger partial charge < -0.3 is 10.5 Å². The van der Waals surface area contributed by atoms with Crippen LogP contribution in [-0.2, 0) is 10.0 Å². The SMILES string of the molecule is Cc1ncccc1O[C@@H]1CCN(S(=O)(=O)c2cc(Cl)cnc2N)C1. The molecule has 0 bridgehead atoms. The minimum absolute atomic E-state index is 0.0631. The molecule has 1 saturated heterocycles. The first-order valence-corrected chi connectivity index (χ1v) is 9.19. The van der Waals surface area contributed by atoms with Crippen molar-refractivity contribution < 1.29 is 13.2 Å². The Balaban J connectivity index is 1.77. The smallest absolute Gasteiger partial charge is 0.246 e. The van der Waals surface area contributed by atoms with Gasteiger partial charge in [0, 0.05) is 18.9 Å². The van der Waals surface area contributed by atoms with Crippen LogP contribution in [0.2, 0.25) is 5.02 Å². The fourth-order valence-electron chi connectivity index (χ4n) is 2.56. The van der Waals surface area contributed by atoms with Crippen LogP contribution in [0.5, 0.6) is 5.75 Å². The summed E-state index contributed by atoms with van der Waals surface area (Å²) in [6.45, 7) is 2.43. The molecular weight excluding hydrogens is 352 g/mol. The predicted octanol–water partition coefficient (Wildman–Crippen LogP) is 1.86. The zero-order valence-electron chi connectivity index (χ0n) is 13.0. The lowest BCUT2D eigenvalue weighted by molar-refractivity contribution is 0.213. The van der Waals surface area contributed by atoms with Crippen LogP contribution in [0.25, 0.3) is 0 Å². The maximum Gasteiger partial charge on any atom is 0.246 e. The molecule has 1 fully saturated rings. The first kappa shape index (κ1) is 16.9. The molecule has 2 aromatic rings. The van der Waals surface area contributed by atoms with Gasteiger partial charge in [0.15, 0.2) is 0 Å². The molecule has 1 aliphatic heterocycles. The zero-order chi connectivity index (χ0) is 17.3. The van der Waals surface area contributed by atoms with Gasteiger partial charge in [-0.3, -0.25) is 4.98 Å². The van der Waals surface area contributed by atoms with Gasteiger partial charge in [-0.25, -0.2) is 13.4 Å². The number of aryl methyl sites for hydroxylation is 1. The van der Waals surface area contributed by atoms with Crippen molar-refractivity contribution in [2.24, 2.45) is 0 Å². The molecule has 2 aromatic heterocycles. The maximum absolute atomic E-state index is 12.8. The standard InChI is InChI=1S/C15H17ClN4O3S/c1-10-13(3-2-5-18-10)23-12-4-6-20(9-12)24(21,22)14-7-11(16)8-19-15(14)17/h2-3,5,7-8,12H,4,6,9H2,1H3,(H2,17,19)/t12-/m1/s1. The summed E-state index contributed by atoms with van der Waals surface area (Å²) in [5.74, 6) is 0.595. The topological polar surface area (TPSA) is 98.4 Å². The molecule has 1 atom stereocenters. The van der Waals surface area contributed by atoms with Crippen LogP contribution in [0, 0.1) is 6.92 Å². The van der Waals surface area contributed by atoms with Crippen molar-refractivity contribution in [3.05, 3.63) is 41.3 Å². The molecule has 0 aromatic carbocycles. The van der Waals surface area contributed by atoms with Gasteiger partial charge >= 0.3 is 0 Å². The maximum atomic E-state index is 12.8. The second kappa shape index (κ2) is 6.54. The van der Waals surface area contributed by atoms with E-state index in [9.17, 15) is 8.42 Å². The minimum Gasteiger partial charge on any atom is -0.487 e. The summed E-state index contributed by atoms with van der Waals surface area (Å²) >= 11 is 5.85. The van der Waals surface area contributed by atoms with Crippen LogP contribution in [-0.4, -0.2) is 41.9 Å². The van der Waals surface area contributed by atoms with Gasteiger partial charge in [-0.2, -0.15) is 4.31 Å². The number of halogens is 1. The van der Waals surface area contributed by atoms with Gasteiger partial charge in [-0.1, -0.05) is 11.6 Å². The second-order valence-electron chi connectivity index (χ2n) is 5.52. The molecule has 0 amide bonds. The lowest BCUT2D eigenvalue weighted by atomic mass is 10.3. The average Bonchev–Trinajstić information content (AvgIpc) is 3.01. The van der Waals surface area contributed by atoms with Gasteiger partial charge in [-0.15, -0.1) is 0 Å². The highest BCUT2D eigenvalue weighted by atomic mass is 35.5. The number of nitrogens with zero attached hydrogens (tertiary/aromatic N) is 3. The molecule has 0 aliphatic carbocycles. The van der Waals surface area contributed by atoms with Gasteiger partial charge in [-0.05, 0) is 31.5 Å². The van der Waals surface area contributed by atoms with Crippen molar-refractivity contribution in [1.29, 1.82) is 0 Å². The molecule has 7 nitrogen and oxygen atoms in total. The number of nitrogens with two attached hydrogens (primary N) is 1. The second-order valence-corrected chi connectivity index (χ2v) is 7.86. The molecular formula is C15H17ClN4O3S. The number of ether oxygens (including phenoxy) is 1. The Hall–Kier alpha value is -1.90. The first-order chi connectivity index (χ1) is 11.4. The fraction of sp³-hybridized carbons (Fsp3) is 0.333. The highest BCUT2D eigenvalue weighted by molar-refractivity contribution is 7.89. The summed E-state index contributed by atoms with van der Waals surface area (Å²) in [6, 6.07) is 4.92. The van der Waals surface area contributed by atoms with Crippen LogP contribution in [0.1, 0.15) is 12.1 Å².